The molecule has 1 aromatic rings. The van der Waals surface area contributed by atoms with E-state index in [1.54, 1.807) is 0 Å². The van der Waals surface area contributed by atoms with Gasteiger partial charge in [0.2, 0.25) is 0 Å². The first-order valence-electron chi connectivity index (χ1n) is 7.18. The zero-order chi connectivity index (χ0) is 13.5. The summed E-state index contributed by atoms with van der Waals surface area (Å²) in [6.45, 7) is 10.1. The zero-order valence-electron chi connectivity index (χ0n) is 12.5. The van der Waals surface area contributed by atoms with Gasteiger partial charge in [-0.1, -0.05) is 32.0 Å². The van der Waals surface area contributed by atoms with Crippen molar-refractivity contribution in [1.29, 1.82) is 0 Å². The van der Waals surface area contributed by atoms with Crippen LogP contribution in [0.15, 0.2) is 24.3 Å². The second kappa shape index (κ2) is 7.42. The molecular weight excluding hydrogens is 220 g/mol. The van der Waals surface area contributed by atoms with E-state index in [0.29, 0.717) is 12.1 Å². The van der Waals surface area contributed by atoms with Crippen LogP contribution >= 0.6 is 0 Å². The van der Waals surface area contributed by atoms with Crippen molar-refractivity contribution in [3.05, 3.63) is 29.8 Å². The first-order valence-corrected chi connectivity index (χ1v) is 7.18. The maximum Gasteiger partial charge on any atom is 0.0417 e. The van der Waals surface area contributed by atoms with Crippen LogP contribution < -0.4 is 10.2 Å². The summed E-state index contributed by atoms with van der Waals surface area (Å²) in [6, 6.07) is 9.78. The number of nitrogens with zero attached hydrogens (tertiary/aromatic N) is 1. The monoisotopic (exact) mass is 248 g/mol. The van der Waals surface area contributed by atoms with E-state index in [1.165, 1.54) is 17.7 Å². The predicted molar refractivity (Wildman–Crippen MR) is 81.3 cm³/mol. The van der Waals surface area contributed by atoms with Gasteiger partial charge in [0.15, 0.2) is 0 Å². The second-order valence-electron chi connectivity index (χ2n) is 5.10. The Bertz CT molecular complexity index is 343. The lowest BCUT2D eigenvalue weighted by Crippen LogP contribution is -2.33. The molecule has 0 aromatic heterocycles. The van der Waals surface area contributed by atoms with Gasteiger partial charge in [0.05, 0.1) is 0 Å². The fraction of sp³-hybridized carbons (Fsp3) is 0.625. The Morgan fingerprint density at radius 2 is 1.83 bits per heavy atom. The van der Waals surface area contributed by atoms with Gasteiger partial charge in [-0.15, -0.1) is 0 Å². The van der Waals surface area contributed by atoms with Gasteiger partial charge in [0.25, 0.3) is 0 Å². The fourth-order valence-corrected chi connectivity index (χ4v) is 2.52. The summed E-state index contributed by atoms with van der Waals surface area (Å²) in [6.07, 6.45) is 2.30. The highest BCUT2D eigenvalue weighted by atomic mass is 15.2. The molecule has 0 bridgehead atoms. The fourth-order valence-electron chi connectivity index (χ4n) is 2.52. The van der Waals surface area contributed by atoms with Crippen molar-refractivity contribution < 1.29 is 0 Å². The van der Waals surface area contributed by atoms with Gasteiger partial charge >= 0.3 is 0 Å². The first kappa shape index (κ1) is 15.0. The maximum atomic E-state index is 3.42. The van der Waals surface area contributed by atoms with Crippen LogP contribution in [-0.2, 0) is 0 Å². The third kappa shape index (κ3) is 3.49. The molecule has 1 atom stereocenters. The van der Waals surface area contributed by atoms with E-state index in [2.05, 4.69) is 62.2 Å². The standard InChI is InChI=1S/C16H28N2/c1-6-12-18(13(3)4)16-11-9-8-10-14(16)15(7-2)17-5/h8-11,13,15,17H,6-7,12H2,1-5H3. The molecule has 0 spiro atoms. The predicted octanol–water partition coefficient (Wildman–Crippen LogP) is 3.98. The molecule has 1 unspecified atom stereocenters. The number of hydrogen-bond donors (Lipinski definition) is 1. The van der Waals surface area contributed by atoms with E-state index in [4.69, 9.17) is 0 Å². The summed E-state index contributed by atoms with van der Waals surface area (Å²) >= 11 is 0. The number of para-hydroxylation sites is 1. The van der Waals surface area contributed by atoms with Crippen molar-refractivity contribution in [2.24, 2.45) is 0 Å². The van der Waals surface area contributed by atoms with Gasteiger partial charge in [-0.25, -0.2) is 0 Å². The molecule has 1 rings (SSSR count). The molecule has 1 aromatic carbocycles. The summed E-state index contributed by atoms with van der Waals surface area (Å²) in [4.78, 5) is 2.51. The van der Waals surface area contributed by atoms with Crippen LogP contribution in [0, 0.1) is 0 Å². The van der Waals surface area contributed by atoms with Crippen molar-refractivity contribution >= 4 is 5.69 Å². The van der Waals surface area contributed by atoms with Crippen molar-refractivity contribution in [2.75, 3.05) is 18.5 Å². The molecule has 0 aliphatic rings. The minimum atomic E-state index is 0.444. The SMILES string of the molecule is CCCN(c1ccccc1C(CC)NC)C(C)C. The van der Waals surface area contributed by atoms with Gasteiger partial charge in [-0.2, -0.15) is 0 Å². The minimum Gasteiger partial charge on any atom is -0.369 e. The third-order valence-electron chi connectivity index (χ3n) is 3.47. The average molecular weight is 248 g/mol. The highest BCUT2D eigenvalue weighted by Crippen LogP contribution is 2.29. The Labute approximate surface area is 112 Å². The van der Waals surface area contributed by atoms with Gasteiger partial charge in [0, 0.05) is 24.3 Å². The van der Waals surface area contributed by atoms with Gasteiger partial charge in [-0.05, 0) is 45.4 Å². The molecule has 102 valence electrons. The van der Waals surface area contributed by atoms with Crippen molar-refractivity contribution in [3.63, 3.8) is 0 Å². The van der Waals surface area contributed by atoms with Crippen LogP contribution in [0.5, 0.6) is 0 Å². The Morgan fingerprint density at radius 3 is 2.33 bits per heavy atom. The Kier molecular flexibility index (Phi) is 6.20. The molecule has 0 fully saturated rings. The van der Waals surface area contributed by atoms with Crippen LogP contribution in [0.2, 0.25) is 0 Å². The lowest BCUT2D eigenvalue weighted by molar-refractivity contribution is 0.570. The molecule has 0 amide bonds. The molecule has 0 heterocycles. The highest BCUT2D eigenvalue weighted by Gasteiger charge is 2.17. The molecule has 0 saturated carbocycles. The van der Waals surface area contributed by atoms with E-state index in [0.717, 1.165) is 13.0 Å². The topological polar surface area (TPSA) is 15.3 Å². The van der Waals surface area contributed by atoms with Crippen molar-refractivity contribution in [3.8, 4) is 0 Å². The molecule has 1 N–H and O–H groups in total. The summed E-state index contributed by atoms with van der Waals surface area (Å²) in [5.41, 5.74) is 2.81. The summed E-state index contributed by atoms with van der Waals surface area (Å²) in [7, 11) is 2.05. The van der Waals surface area contributed by atoms with E-state index >= 15 is 0 Å². The Hall–Kier alpha value is -1.02. The summed E-state index contributed by atoms with van der Waals surface area (Å²) < 4.78 is 0. The lowest BCUT2D eigenvalue weighted by Gasteiger charge is -2.32. The first-order chi connectivity index (χ1) is 8.65. The Morgan fingerprint density at radius 1 is 1.17 bits per heavy atom. The summed E-state index contributed by atoms with van der Waals surface area (Å²) in [5, 5.41) is 3.42. The van der Waals surface area contributed by atoms with E-state index in [9.17, 15) is 0 Å². The molecule has 18 heavy (non-hydrogen) atoms. The lowest BCUT2D eigenvalue weighted by atomic mass is 10.0. The quantitative estimate of drug-likeness (QED) is 0.785. The van der Waals surface area contributed by atoms with Gasteiger partial charge in [0.1, 0.15) is 0 Å². The molecule has 2 heteroatoms. The second-order valence-corrected chi connectivity index (χ2v) is 5.10. The van der Waals surface area contributed by atoms with Gasteiger partial charge in [-0.3, -0.25) is 0 Å². The molecule has 0 aliphatic heterocycles. The van der Waals surface area contributed by atoms with E-state index in [1.807, 2.05) is 7.05 Å². The van der Waals surface area contributed by atoms with Crippen molar-refractivity contribution in [1.82, 2.24) is 5.32 Å². The molecule has 2 nitrogen and oxygen atoms in total. The third-order valence-corrected chi connectivity index (χ3v) is 3.47. The smallest absolute Gasteiger partial charge is 0.0417 e. The van der Waals surface area contributed by atoms with Crippen LogP contribution in [0.3, 0.4) is 0 Å². The zero-order valence-corrected chi connectivity index (χ0v) is 12.5. The number of rotatable bonds is 7. The number of hydrogen-bond acceptors (Lipinski definition) is 2. The minimum absolute atomic E-state index is 0.444. The van der Waals surface area contributed by atoms with Crippen LogP contribution in [0.25, 0.3) is 0 Å². The number of benzene rings is 1. The Balaban J connectivity index is 3.12. The number of anilines is 1. The van der Waals surface area contributed by atoms with E-state index in [-0.39, 0.29) is 0 Å². The number of nitrogens with one attached hydrogen (secondary N) is 1. The summed E-state index contributed by atoms with van der Waals surface area (Å²) in [5.74, 6) is 0. The van der Waals surface area contributed by atoms with Crippen LogP contribution in [-0.4, -0.2) is 19.6 Å². The largest absolute Gasteiger partial charge is 0.369 e. The average Bonchev–Trinajstić information content (AvgIpc) is 2.38. The van der Waals surface area contributed by atoms with E-state index < -0.39 is 0 Å². The molecular formula is C16H28N2. The normalized spacial score (nSPS) is 12.8. The molecule has 0 aliphatic carbocycles. The highest BCUT2D eigenvalue weighted by molar-refractivity contribution is 5.55. The maximum absolute atomic E-state index is 3.42. The molecule has 0 saturated heterocycles. The van der Waals surface area contributed by atoms with Crippen LogP contribution in [0.1, 0.15) is 52.1 Å². The van der Waals surface area contributed by atoms with Crippen LogP contribution in [0.4, 0.5) is 5.69 Å². The van der Waals surface area contributed by atoms with Crippen molar-refractivity contribution in [2.45, 2.75) is 52.6 Å². The van der Waals surface area contributed by atoms with Gasteiger partial charge < -0.3 is 10.2 Å². The molecule has 0 radical (unpaired) electrons.